The van der Waals surface area contributed by atoms with Gasteiger partial charge in [-0.05, 0) is 42.9 Å². The standard InChI is InChI=1S/C25H29ClN4/c1-3-29(4-2)16-15-27-17-23-25-22(13-14-28-23)21-7-5-6-8-24(21)30(25)18-19-9-11-20(26)12-10-19/h5-14,27H,3-4,15-18H2,1-2H3. The maximum Gasteiger partial charge on any atom is 0.0784 e. The summed E-state index contributed by atoms with van der Waals surface area (Å²) in [5, 5.41) is 6.90. The molecule has 0 atom stereocenters. The Hall–Kier alpha value is -2.40. The van der Waals surface area contributed by atoms with E-state index in [1.165, 1.54) is 27.4 Å². The lowest BCUT2D eigenvalue weighted by Gasteiger charge is -2.18. The van der Waals surface area contributed by atoms with Crippen molar-refractivity contribution in [2.75, 3.05) is 26.2 Å². The first-order chi connectivity index (χ1) is 14.7. The average molecular weight is 421 g/mol. The predicted molar refractivity (Wildman–Crippen MR) is 127 cm³/mol. The predicted octanol–water partition coefficient (Wildman–Crippen LogP) is 5.32. The van der Waals surface area contributed by atoms with E-state index in [2.05, 4.69) is 71.1 Å². The van der Waals surface area contributed by atoms with Crippen LogP contribution in [0.5, 0.6) is 0 Å². The zero-order chi connectivity index (χ0) is 20.9. The topological polar surface area (TPSA) is 33.1 Å². The highest BCUT2D eigenvalue weighted by atomic mass is 35.5. The zero-order valence-electron chi connectivity index (χ0n) is 17.7. The van der Waals surface area contributed by atoms with Gasteiger partial charge in [-0.25, -0.2) is 0 Å². The van der Waals surface area contributed by atoms with Crippen molar-refractivity contribution in [3.63, 3.8) is 0 Å². The Labute approximate surface area is 183 Å². The third kappa shape index (κ3) is 4.36. The summed E-state index contributed by atoms with van der Waals surface area (Å²) < 4.78 is 2.39. The van der Waals surface area contributed by atoms with Crippen LogP contribution in [0.3, 0.4) is 0 Å². The summed E-state index contributed by atoms with van der Waals surface area (Å²) in [6.07, 6.45) is 1.93. The molecule has 4 aromatic rings. The molecule has 0 fully saturated rings. The lowest BCUT2D eigenvalue weighted by Crippen LogP contribution is -2.31. The fourth-order valence-corrected chi connectivity index (χ4v) is 4.25. The number of aromatic nitrogens is 2. The van der Waals surface area contributed by atoms with Gasteiger partial charge < -0.3 is 14.8 Å². The summed E-state index contributed by atoms with van der Waals surface area (Å²) >= 11 is 6.09. The van der Waals surface area contributed by atoms with E-state index >= 15 is 0 Å². The van der Waals surface area contributed by atoms with Gasteiger partial charge in [0, 0.05) is 53.7 Å². The molecule has 2 aromatic carbocycles. The number of hydrogen-bond acceptors (Lipinski definition) is 3. The summed E-state index contributed by atoms with van der Waals surface area (Å²) in [6, 6.07) is 18.9. The van der Waals surface area contributed by atoms with E-state index in [-0.39, 0.29) is 0 Å². The van der Waals surface area contributed by atoms with Crippen LogP contribution in [0.4, 0.5) is 0 Å². The quantitative estimate of drug-likeness (QED) is 0.372. The number of rotatable bonds is 9. The summed E-state index contributed by atoms with van der Waals surface area (Å²) in [5.74, 6) is 0. The Morgan fingerprint density at radius 3 is 2.50 bits per heavy atom. The molecule has 156 valence electrons. The van der Waals surface area contributed by atoms with Gasteiger partial charge in [0.25, 0.3) is 0 Å². The van der Waals surface area contributed by atoms with Crippen LogP contribution in [0.2, 0.25) is 5.02 Å². The van der Waals surface area contributed by atoms with E-state index in [0.29, 0.717) is 0 Å². The van der Waals surface area contributed by atoms with Crippen LogP contribution in [-0.2, 0) is 13.1 Å². The summed E-state index contributed by atoms with van der Waals surface area (Å²) in [5.41, 5.74) is 4.77. The number of para-hydroxylation sites is 1. The van der Waals surface area contributed by atoms with Crippen molar-refractivity contribution in [1.82, 2.24) is 19.8 Å². The molecule has 2 heterocycles. The highest BCUT2D eigenvalue weighted by Gasteiger charge is 2.15. The normalized spacial score (nSPS) is 11.7. The summed E-state index contributed by atoms with van der Waals surface area (Å²) in [6.45, 7) is 10.1. The lowest BCUT2D eigenvalue weighted by molar-refractivity contribution is 0.302. The maximum atomic E-state index is 6.09. The fraction of sp³-hybridized carbons (Fsp3) is 0.320. The molecule has 0 saturated heterocycles. The zero-order valence-corrected chi connectivity index (χ0v) is 18.5. The number of halogens is 1. The minimum absolute atomic E-state index is 0.759. The Bertz CT molecular complexity index is 1110. The molecule has 0 aliphatic rings. The van der Waals surface area contributed by atoms with E-state index in [4.69, 9.17) is 16.6 Å². The number of benzene rings is 2. The van der Waals surface area contributed by atoms with Gasteiger partial charge in [0.2, 0.25) is 0 Å². The highest BCUT2D eigenvalue weighted by molar-refractivity contribution is 6.30. The van der Waals surface area contributed by atoms with Gasteiger partial charge in [-0.2, -0.15) is 0 Å². The van der Waals surface area contributed by atoms with E-state index in [0.717, 1.165) is 50.0 Å². The van der Waals surface area contributed by atoms with Crippen molar-refractivity contribution in [3.05, 3.63) is 77.1 Å². The molecule has 0 radical (unpaired) electrons. The number of fused-ring (bicyclic) bond motifs is 3. The Morgan fingerprint density at radius 2 is 1.73 bits per heavy atom. The van der Waals surface area contributed by atoms with E-state index in [9.17, 15) is 0 Å². The molecule has 30 heavy (non-hydrogen) atoms. The highest BCUT2D eigenvalue weighted by Crippen LogP contribution is 2.31. The molecule has 1 N–H and O–H groups in total. The number of nitrogens with zero attached hydrogens (tertiary/aromatic N) is 3. The van der Waals surface area contributed by atoms with Gasteiger partial charge in [-0.1, -0.05) is 55.8 Å². The van der Waals surface area contributed by atoms with Crippen LogP contribution in [0.25, 0.3) is 21.8 Å². The van der Waals surface area contributed by atoms with Crippen LogP contribution in [0.1, 0.15) is 25.1 Å². The Kier molecular flexibility index (Phi) is 6.68. The van der Waals surface area contributed by atoms with Gasteiger partial charge in [0.15, 0.2) is 0 Å². The number of nitrogens with one attached hydrogen (secondary N) is 1. The molecule has 0 amide bonds. The maximum absolute atomic E-state index is 6.09. The molecule has 0 bridgehead atoms. The van der Waals surface area contributed by atoms with Crippen molar-refractivity contribution < 1.29 is 0 Å². The van der Waals surface area contributed by atoms with Crippen LogP contribution >= 0.6 is 11.6 Å². The first kappa shape index (κ1) is 20.9. The number of pyridine rings is 1. The van der Waals surface area contributed by atoms with Crippen molar-refractivity contribution in [3.8, 4) is 0 Å². The monoisotopic (exact) mass is 420 g/mol. The van der Waals surface area contributed by atoms with Crippen LogP contribution < -0.4 is 5.32 Å². The van der Waals surface area contributed by atoms with Crippen LogP contribution in [-0.4, -0.2) is 40.6 Å². The van der Waals surface area contributed by atoms with Crippen LogP contribution in [0.15, 0.2) is 60.8 Å². The van der Waals surface area contributed by atoms with Crippen molar-refractivity contribution >= 4 is 33.4 Å². The smallest absolute Gasteiger partial charge is 0.0784 e. The summed E-state index contributed by atoms with van der Waals surface area (Å²) in [4.78, 5) is 7.19. The van der Waals surface area contributed by atoms with E-state index < -0.39 is 0 Å². The lowest BCUT2D eigenvalue weighted by atomic mass is 10.1. The van der Waals surface area contributed by atoms with E-state index in [1.54, 1.807) is 0 Å². The Balaban J connectivity index is 1.68. The molecule has 4 nitrogen and oxygen atoms in total. The fourth-order valence-electron chi connectivity index (χ4n) is 4.12. The molecule has 0 aliphatic carbocycles. The first-order valence-electron chi connectivity index (χ1n) is 10.7. The molecule has 4 rings (SSSR count). The third-order valence-electron chi connectivity index (χ3n) is 5.80. The average Bonchev–Trinajstić information content (AvgIpc) is 3.10. The minimum Gasteiger partial charge on any atom is -0.334 e. The van der Waals surface area contributed by atoms with Gasteiger partial charge in [-0.3, -0.25) is 4.98 Å². The molecular weight excluding hydrogens is 392 g/mol. The van der Waals surface area contributed by atoms with Crippen LogP contribution in [0, 0.1) is 0 Å². The first-order valence-corrected chi connectivity index (χ1v) is 11.1. The van der Waals surface area contributed by atoms with Gasteiger partial charge >= 0.3 is 0 Å². The number of hydrogen-bond donors (Lipinski definition) is 1. The van der Waals surface area contributed by atoms with Crippen molar-refractivity contribution in [2.45, 2.75) is 26.9 Å². The molecule has 5 heteroatoms. The van der Waals surface area contributed by atoms with Gasteiger partial charge in [-0.15, -0.1) is 0 Å². The molecule has 0 aliphatic heterocycles. The Morgan fingerprint density at radius 1 is 0.967 bits per heavy atom. The molecule has 0 unspecified atom stereocenters. The molecule has 0 spiro atoms. The van der Waals surface area contributed by atoms with E-state index in [1.807, 2.05) is 18.3 Å². The second-order valence-electron chi connectivity index (χ2n) is 7.59. The SMILES string of the molecule is CCN(CC)CCNCc1nccc2c3ccccc3n(Cc3ccc(Cl)cc3)c12. The largest absolute Gasteiger partial charge is 0.334 e. The second-order valence-corrected chi connectivity index (χ2v) is 8.02. The van der Waals surface area contributed by atoms with Crippen molar-refractivity contribution in [1.29, 1.82) is 0 Å². The molecule has 2 aromatic heterocycles. The molecule has 0 saturated carbocycles. The number of likely N-dealkylation sites (N-methyl/N-ethyl adjacent to an activating group) is 1. The van der Waals surface area contributed by atoms with Gasteiger partial charge in [0.1, 0.15) is 0 Å². The van der Waals surface area contributed by atoms with Crippen molar-refractivity contribution in [2.24, 2.45) is 0 Å². The van der Waals surface area contributed by atoms with Gasteiger partial charge in [0.05, 0.1) is 11.2 Å². The summed E-state index contributed by atoms with van der Waals surface area (Å²) in [7, 11) is 0. The molecular formula is C25H29ClN4. The third-order valence-corrected chi connectivity index (χ3v) is 6.05. The minimum atomic E-state index is 0.759. The second kappa shape index (κ2) is 9.61.